The fraction of sp³-hybridized carbons (Fsp3) is 0.278. The van der Waals surface area contributed by atoms with Crippen molar-refractivity contribution in [1.29, 1.82) is 0 Å². The molecule has 4 heterocycles. The van der Waals surface area contributed by atoms with Crippen molar-refractivity contribution in [3.05, 3.63) is 42.3 Å². The molecule has 0 aliphatic carbocycles. The van der Waals surface area contributed by atoms with E-state index in [1.165, 1.54) is 18.8 Å². The highest BCUT2D eigenvalue weighted by Gasteiger charge is 2.68. The lowest BCUT2D eigenvalue weighted by Crippen LogP contribution is -2.46. The number of likely N-dealkylation sites (N-methyl/N-ethyl adjacent to an activating group) is 1. The lowest BCUT2D eigenvalue weighted by Gasteiger charge is -2.22. The van der Waals surface area contributed by atoms with E-state index in [1.807, 2.05) is 6.26 Å². The molecule has 11 heteroatoms. The van der Waals surface area contributed by atoms with E-state index in [-0.39, 0.29) is 5.69 Å². The van der Waals surface area contributed by atoms with Crippen LogP contribution < -0.4 is 0 Å². The summed E-state index contributed by atoms with van der Waals surface area (Å²) in [4.78, 5) is 25.8. The van der Waals surface area contributed by atoms with E-state index >= 15 is 0 Å². The fourth-order valence-electron chi connectivity index (χ4n) is 3.07. The number of amides is 1. The number of nitrogens with zero attached hydrogens (tertiary/aromatic N) is 5. The molecule has 8 nitrogen and oxygen atoms in total. The number of aliphatic hydroxyl groups is 1. The van der Waals surface area contributed by atoms with Crippen LogP contribution in [0.1, 0.15) is 5.76 Å². The molecule has 1 saturated heterocycles. The van der Waals surface area contributed by atoms with Crippen LogP contribution in [0.4, 0.5) is 8.78 Å². The molecule has 1 atom stereocenters. The minimum atomic E-state index is -3.72. The smallest absolute Gasteiger partial charge is 0.309 e. The minimum absolute atomic E-state index is 0.104. The molecule has 1 aliphatic rings. The van der Waals surface area contributed by atoms with Crippen molar-refractivity contribution >= 4 is 17.7 Å². The number of thioether (sulfide) groups is 1. The zero-order valence-corrected chi connectivity index (χ0v) is 16.2. The van der Waals surface area contributed by atoms with Gasteiger partial charge in [-0.3, -0.25) is 4.79 Å². The third-order valence-electron chi connectivity index (χ3n) is 4.58. The molecule has 29 heavy (non-hydrogen) atoms. The third kappa shape index (κ3) is 3.06. The van der Waals surface area contributed by atoms with E-state index in [9.17, 15) is 18.7 Å². The summed E-state index contributed by atoms with van der Waals surface area (Å²) in [6.07, 6.45) is 3.46. The summed E-state index contributed by atoms with van der Waals surface area (Å²) in [6.45, 7) is -0.919. The monoisotopic (exact) mass is 419 g/mol. The van der Waals surface area contributed by atoms with Crippen molar-refractivity contribution in [1.82, 2.24) is 25.0 Å². The summed E-state index contributed by atoms with van der Waals surface area (Å²) < 4.78 is 33.6. The number of carbonyl (C=O) groups is 1. The van der Waals surface area contributed by atoms with Crippen LogP contribution in [0.25, 0.3) is 22.8 Å². The normalized spacial score (nSPS) is 21.0. The van der Waals surface area contributed by atoms with Gasteiger partial charge in [-0.1, -0.05) is 23.0 Å². The number of aromatic nitrogens is 4. The number of halogens is 2. The van der Waals surface area contributed by atoms with Gasteiger partial charge < -0.3 is 14.5 Å². The van der Waals surface area contributed by atoms with E-state index in [4.69, 9.17) is 4.52 Å². The molecule has 3 aromatic rings. The van der Waals surface area contributed by atoms with Gasteiger partial charge in [0.1, 0.15) is 5.69 Å². The first-order chi connectivity index (χ1) is 13.8. The Morgan fingerprint density at radius 1 is 1.17 bits per heavy atom. The highest BCUT2D eigenvalue weighted by atomic mass is 32.2. The van der Waals surface area contributed by atoms with E-state index in [1.54, 1.807) is 30.5 Å². The molecular formula is C18H15F2N5O3S. The maximum absolute atomic E-state index is 14.3. The number of pyridine rings is 1. The van der Waals surface area contributed by atoms with Crippen LogP contribution in [0.3, 0.4) is 0 Å². The van der Waals surface area contributed by atoms with Gasteiger partial charge in [-0.05, 0) is 24.5 Å². The molecule has 0 saturated carbocycles. The van der Waals surface area contributed by atoms with Crippen LogP contribution in [0, 0.1) is 0 Å². The maximum Gasteiger partial charge on any atom is 0.309 e. The third-order valence-corrected chi connectivity index (χ3v) is 5.14. The van der Waals surface area contributed by atoms with Crippen molar-refractivity contribution < 1.29 is 23.2 Å². The maximum atomic E-state index is 14.3. The van der Waals surface area contributed by atoms with Crippen LogP contribution in [0.2, 0.25) is 0 Å². The second-order valence-corrected chi connectivity index (χ2v) is 7.26. The summed E-state index contributed by atoms with van der Waals surface area (Å²) in [5.74, 6) is -5.51. The van der Waals surface area contributed by atoms with Gasteiger partial charge in [-0.25, -0.2) is 23.7 Å². The van der Waals surface area contributed by atoms with Gasteiger partial charge in [-0.2, -0.15) is 0 Å². The van der Waals surface area contributed by atoms with Crippen LogP contribution in [0.5, 0.6) is 0 Å². The zero-order chi connectivity index (χ0) is 20.8. The van der Waals surface area contributed by atoms with Gasteiger partial charge >= 0.3 is 5.92 Å². The Morgan fingerprint density at radius 2 is 1.86 bits per heavy atom. The molecule has 0 radical (unpaired) electrons. The van der Waals surface area contributed by atoms with Crippen molar-refractivity contribution in [3.8, 4) is 22.8 Å². The van der Waals surface area contributed by atoms with E-state index in [0.717, 1.165) is 11.0 Å². The summed E-state index contributed by atoms with van der Waals surface area (Å²) >= 11 is 1.38. The molecule has 0 aromatic carbocycles. The fourth-order valence-corrected chi connectivity index (χ4v) is 3.43. The Morgan fingerprint density at radius 3 is 2.52 bits per heavy atom. The average molecular weight is 419 g/mol. The summed E-state index contributed by atoms with van der Waals surface area (Å²) in [5, 5.41) is 14.8. The van der Waals surface area contributed by atoms with Gasteiger partial charge in [0.05, 0.1) is 23.6 Å². The Kier molecular flexibility index (Phi) is 4.58. The number of rotatable bonds is 4. The van der Waals surface area contributed by atoms with Crippen LogP contribution in [-0.2, 0) is 10.4 Å². The predicted molar refractivity (Wildman–Crippen MR) is 99.0 cm³/mol. The van der Waals surface area contributed by atoms with Crippen molar-refractivity contribution in [2.45, 2.75) is 16.7 Å². The second kappa shape index (κ2) is 6.85. The number of alkyl halides is 2. The Bertz CT molecular complexity index is 1090. The lowest BCUT2D eigenvalue weighted by atomic mass is 9.95. The van der Waals surface area contributed by atoms with Gasteiger partial charge in [-0.15, -0.1) is 0 Å². The standard InChI is InChI=1S/C18H15F2N5O3S/c1-25-9-17(19,20)18(27,15(25)26)14-8-13(24-28-14)11-5-3-4-10(22-11)12-6-7-21-16(23-12)29-2/h3-8,27H,9H2,1-2H3. The molecule has 0 bridgehead atoms. The summed E-state index contributed by atoms with van der Waals surface area (Å²) in [6, 6.07) is 7.83. The lowest BCUT2D eigenvalue weighted by molar-refractivity contribution is -0.179. The Labute approximate surface area is 168 Å². The van der Waals surface area contributed by atoms with Gasteiger partial charge in [0.2, 0.25) is 0 Å². The second-order valence-electron chi connectivity index (χ2n) is 6.49. The van der Waals surface area contributed by atoms with Crippen molar-refractivity contribution in [3.63, 3.8) is 0 Å². The van der Waals surface area contributed by atoms with Gasteiger partial charge in [0, 0.05) is 19.3 Å². The highest BCUT2D eigenvalue weighted by Crippen LogP contribution is 2.45. The molecule has 3 aromatic heterocycles. The van der Waals surface area contributed by atoms with Crippen LogP contribution in [0.15, 0.2) is 46.2 Å². The van der Waals surface area contributed by atoms with Crippen LogP contribution in [-0.4, -0.2) is 61.8 Å². The first kappa shape index (κ1) is 19.4. The molecule has 1 unspecified atom stereocenters. The predicted octanol–water partition coefficient (Wildman–Crippen LogP) is 2.21. The number of hydrogen-bond donors (Lipinski definition) is 1. The van der Waals surface area contributed by atoms with E-state index in [2.05, 4.69) is 20.1 Å². The highest BCUT2D eigenvalue weighted by molar-refractivity contribution is 7.98. The quantitative estimate of drug-likeness (QED) is 0.507. The molecule has 0 spiro atoms. The molecule has 150 valence electrons. The molecule has 1 aliphatic heterocycles. The molecule has 4 rings (SSSR count). The van der Waals surface area contributed by atoms with Gasteiger partial charge in [0.25, 0.3) is 11.5 Å². The molecule has 1 amide bonds. The van der Waals surface area contributed by atoms with E-state index < -0.39 is 29.7 Å². The van der Waals surface area contributed by atoms with Crippen molar-refractivity contribution in [2.24, 2.45) is 0 Å². The zero-order valence-electron chi connectivity index (χ0n) is 15.3. The SMILES string of the molecule is CSc1nccc(-c2cccc(-c3cc(C4(O)C(=O)N(C)CC4(F)F)on3)n2)n1. The first-order valence-electron chi connectivity index (χ1n) is 8.44. The topological polar surface area (TPSA) is 105 Å². The first-order valence-corrected chi connectivity index (χ1v) is 9.66. The van der Waals surface area contributed by atoms with Crippen molar-refractivity contribution in [2.75, 3.05) is 19.8 Å². The number of hydrogen-bond acceptors (Lipinski definition) is 8. The Balaban J connectivity index is 1.71. The summed E-state index contributed by atoms with van der Waals surface area (Å²) in [5.41, 5.74) is -1.59. The average Bonchev–Trinajstić information content (AvgIpc) is 3.27. The number of likely N-dealkylation sites (tertiary alicyclic amines) is 1. The molecular weight excluding hydrogens is 404 g/mol. The van der Waals surface area contributed by atoms with E-state index in [0.29, 0.717) is 22.2 Å². The largest absolute Gasteiger partial charge is 0.368 e. The Hall–Kier alpha value is -2.92. The summed E-state index contributed by atoms with van der Waals surface area (Å²) in [7, 11) is 1.18. The molecule has 1 N–H and O–H groups in total. The molecule has 1 fully saturated rings. The number of carbonyl (C=O) groups excluding carboxylic acids is 1. The van der Waals surface area contributed by atoms with Gasteiger partial charge in [0.15, 0.2) is 10.9 Å². The van der Waals surface area contributed by atoms with Crippen LogP contribution >= 0.6 is 11.8 Å². The minimum Gasteiger partial charge on any atom is -0.368 e.